The molecule has 0 aromatic heterocycles. The summed E-state index contributed by atoms with van der Waals surface area (Å²) in [5.74, 6) is 0. The molecule has 0 amide bonds. The van der Waals surface area contributed by atoms with E-state index in [0.29, 0.717) is 0 Å². The van der Waals surface area contributed by atoms with Gasteiger partial charge >= 0.3 is 0 Å². The van der Waals surface area contributed by atoms with Gasteiger partial charge in [-0.15, -0.1) is 0 Å². The lowest BCUT2D eigenvalue weighted by Gasteiger charge is -2.38. The van der Waals surface area contributed by atoms with Gasteiger partial charge in [0.25, 0.3) is 0 Å². The number of aliphatic hydroxyl groups excluding tert-OH is 3. The molecule has 0 spiro atoms. The quantitative estimate of drug-likeness (QED) is 0.287. The van der Waals surface area contributed by atoms with Crippen molar-refractivity contribution in [1.29, 1.82) is 0 Å². The summed E-state index contributed by atoms with van der Waals surface area (Å²) in [4.78, 5) is 0. The Kier molecular flexibility index (Phi) is 2.99. The molecule has 0 aromatic carbocycles. The molecule has 1 heterocycles. The van der Waals surface area contributed by atoms with E-state index in [1.165, 1.54) is 0 Å². The fourth-order valence-corrected chi connectivity index (χ4v) is 1.16. The van der Waals surface area contributed by atoms with Gasteiger partial charge in [0, 0.05) is 6.54 Å². The van der Waals surface area contributed by atoms with Crippen molar-refractivity contribution >= 4 is 0 Å². The van der Waals surface area contributed by atoms with Crippen LogP contribution in [0.2, 0.25) is 0 Å². The number of hydrogen-bond acceptors (Lipinski definition) is 6. The minimum absolute atomic E-state index is 0.0298. The molecule has 12 heavy (non-hydrogen) atoms. The standard InChI is InChI=1S/C6H14N2O4/c7-1-2-4(9)5(10)3(8)6(11)12-2/h2-6,9-11H,1,7-8H2/t2-,3-,4-,5+,6+/m0/s1. The van der Waals surface area contributed by atoms with Crippen LogP contribution in [0.4, 0.5) is 0 Å². The predicted octanol–water partition coefficient (Wildman–Crippen LogP) is -3.29. The third-order valence-corrected chi connectivity index (χ3v) is 2.00. The molecule has 1 aliphatic rings. The van der Waals surface area contributed by atoms with E-state index in [-0.39, 0.29) is 6.54 Å². The molecule has 1 rings (SSSR count). The van der Waals surface area contributed by atoms with Gasteiger partial charge in [0.15, 0.2) is 6.29 Å². The highest BCUT2D eigenvalue weighted by molar-refractivity contribution is 4.91. The van der Waals surface area contributed by atoms with Crippen molar-refractivity contribution < 1.29 is 20.1 Å². The molecule has 1 fully saturated rings. The Labute approximate surface area is 69.7 Å². The van der Waals surface area contributed by atoms with E-state index >= 15 is 0 Å². The van der Waals surface area contributed by atoms with Crippen LogP contribution in [0.1, 0.15) is 0 Å². The van der Waals surface area contributed by atoms with Crippen molar-refractivity contribution in [2.45, 2.75) is 30.6 Å². The lowest BCUT2D eigenvalue weighted by atomic mass is 9.98. The molecular weight excluding hydrogens is 164 g/mol. The van der Waals surface area contributed by atoms with Crippen LogP contribution in [-0.2, 0) is 4.74 Å². The van der Waals surface area contributed by atoms with Gasteiger partial charge < -0.3 is 31.5 Å². The Morgan fingerprint density at radius 2 is 1.75 bits per heavy atom. The summed E-state index contributed by atoms with van der Waals surface area (Å²) in [6.45, 7) is 0.0298. The average Bonchev–Trinajstić information content (AvgIpc) is 2.08. The number of rotatable bonds is 1. The summed E-state index contributed by atoms with van der Waals surface area (Å²) in [7, 11) is 0. The van der Waals surface area contributed by atoms with Gasteiger partial charge in [-0.1, -0.05) is 0 Å². The van der Waals surface area contributed by atoms with Crippen LogP contribution in [-0.4, -0.2) is 52.5 Å². The van der Waals surface area contributed by atoms with E-state index < -0.39 is 30.6 Å². The van der Waals surface area contributed by atoms with E-state index in [2.05, 4.69) is 0 Å². The second-order valence-corrected chi connectivity index (χ2v) is 2.86. The first kappa shape index (κ1) is 9.85. The Balaban J connectivity index is 2.63. The molecule has 7 N–H and O–H groups in total. The molecule has 72 valence electrons. The predicted molar refractivity (Wildman–Crippen MR) is 39.9 cm³/mol. The van der Waals surface area contributed by atoms with Gasteiger partial charge in [0.1, 0.15) is 18.3 Å². The molecule has 6 heteroatoms. The second-order valence-electron chi connectivity index (χ2n) is 2.86. The smallest absolute Gasteiger partial charge is 0.172 e. The van der Waals surface area contributed by atoms with Crippen LogP contribution in [0.5, 0.6) is 0 Å². The molecule has 5 atom stereocenters. The second kappa shape index (κ2) is 3.65. The Hall–Kier alpha value is -0.240. The summed E-state index contributed by atoms with van der Waals surface area (Å²) in [5.41, 5.74) is 10.5. The van der Waals surface area contributed by atoms with Gasteiger partial charge in [-0.2, -0.15) is 0 Å². The van der Waals surface area contributed by atoms with Crippen LogP contribution in [0, 0.1) is 0 Å². The summed E-state index contributed by atoms with van der Waals surface area (Å²) in [6.07, 6.45) is -4.34. The molecule has 1 aliphatic heterocycles. The van der Waals surface area contributed by atoms with Crippen LogP contribution in [0.3, 0.4) is 0 Å². The zero-order valence-electron chi connectivity index (χ0n) is 6.50. The third kappa shape index (κ3) is 1.58. The molecule has 0 saturated carbocycles. The zero-order valence-corrected chi connectivity index (χ0v) is 6.50. The van der Waals surface area contributed by atoms with Crippen molar-refractivity contribution in [2.75, 3.05) is 6.54 Å². The van der Waals surface area contributed by atoms with Gasteiger partial charge in [0.05, 0.1) is 6.04 Å². The van der Waals surface area contributed by atoms with Crippen molar-refractivity contribution in [2.24, 2.45) is 11.5 Å². The first-order valence-electron chi connectivity index (χ1n) is 3.73. The fourth-order valence-electron chi connectivity index (χ4n) is 1.16. The fraction of sp³-hybridized carbons (Fsp3) is 1.00. The highest BCUT2D eigenvalue weighted by Crippen LogP contribution is 2.17. The van der Waals surface area contributed by atoms with E-state index in [4.69, 9.17) is 21.3 Å². The normalized spacial score (nSPS) is 49.2. The van der Waals surface area contributed by atoms with E-state index in [1.807, 2.05) is 0 Å². The SMILES string of the molecule is NC[C@@H]1O[C@@H](O)[C@@H](N)[C@@H](O)[C@H]1O. The van der Waals surface area contributed by atoms with Gasteiger partial charge in [-0.25, -0.2) is 0 Å². The third-order valence-electron chi connectivity index (χ3n) is 2.00. The first-order valence-corrected chi connectivity index (χ1v) is 3.73. The maximum Gasteiger partial charge on any atom is 0.172 e. The maximum atomic E-state index is 9.28. The molecule has 0 aliphatic carbocycles. The summed E-state index contributed by atoms with van der Waals surface area (Å²) in [5, 5.41) is 27.6. The Morgan fingerprint density at radius 3 is 2.25 bits per heavy atom. The monoisotopic (exact) mass is 178 g/mol. The number of aliphatic hydroxyl groups is 3. The van der Waals surface area contributed by atoms with E-state index in [9.17, 15) is 10.2 Å². The molecule has 1 saturated heterocycles. The lowest BCUT2D eigenvalue weighted by Crippen LogP contribution is -2.62. The van der Waals surface area contributed by atoms with Crippen molar-refractivity contribution in [1.82, 2.24) is 0 Å². The van der Waals surface area contributed by atoms with Crippen molar-refractivity contribution in [3.8, 4) is 0 Å². The minimum Gasteiger partial charge on any atom is -0.388 e. The van der Waals surface area contributed by atoms with Crippen LogP contribution in [0.25, 0.3) is 0 Å². The number of ether oxygens (including phenoxy) is 1. The molecular formula is C6H14N2O4. The van der Waals surface area contributed by atoms with Crippen LogP contribution >= 0.6 is 0 Å². The van der Waals surface area contributed by atoms with Gasteiger partial charge in [0.2, 0.25) is 0 Å². The topological polar surface area (TPSA) is 122 Å². The summed E-state index contributed by atoms with van der Waals surface area (Å²) < 4.78 is 4.83. The summed E-state index contributed by atoms with van der Waals surface area (Å²) >= 11 is 0. The van der Waals surface area contributed by atoms with Gasteiger partial charge in [-0.05, 0) is 0 Å². The first-order chi connectivity index (χ1) is 5.57. The minimum atomic E-state index is -1.27. The van der Waals surface area contributed by atoms with Crippen LogP contribution in [0.15, 0.2) is 0 Å². The zero-order chi connectivity index (χ0) is 9.30. The maximum absolute atomic E-state index is 9.28. The average molecular weight is 178 g/mol. The van der Waals surface area contributed by atoms with Crippen molar-refractivity contribution in [3.63, 3.8) is 0 Å². The van der Waals surface area contributed by atoms with E-state index in [1.54, 1.807) is 0 Å². The highest BCUT2D eigenvalue weighted by atomic mass is 16.6. The van der Waals surface area contributed by atoms with Gasteiger partial charge in [-0.3, -0.25) is 0 Å². The lowest BCUT2D eigenvalue weighted by molar-refractivity contribution is -0.238. The molecule has 0 bridgehead atoms. The molecule has 0 unspecified atom stereocenters. The highest BCUT2D eigenvalue weighted by Gasteiger charge is 2.41. The Bertz CT molecular complexity index is 152. The number of hydrogen-bond donors (Lipinski definition) is 5. The van der Waals surface area contributed by atoms with Crippen LogP contribution < -0.4 is 11.5 Å². The Morgan fingerprint density at radius 1 is 1.17 bits per heavy atom. The van der Waals surface area contributed by atoms with E-state index in [0.717, 1.165) is 0 Å². The molecule has 0 aromatic rings. The number of nitrogens with two attached hydrogens (primary N) is 2. The van der Waals surface area contributed by atoms with Crippen molar-refractivity contribution in [3.05, 3.63) is 0 Å². The summed E-state index contributed by atoms with van der Waals surface area (Å²) in [6, 6.07) is -0.984. The molecule has 0 radical (unpaired) electrons. The molecule has 6 nitrogen and oxygen atoms in total. The largest absolute Gasteiger partial charge is 0.388 e.